The predicted molar refractivity (Wildman–Crippen MR) is 119 cm³/mol. The highest BCUT2D eigenvalue weighted by Gasteiger charge is 2.01. The van der Waals surface area contributed by atoms with Crippen LogP contribution in [0.4, 0.5) is 5.69 Å². The first-order valence-electron chi connectivity index (χ1n) is 8.38. The number of rotatable bonds is 6. The molecule has 2 aromatic carbocycles. The maximum atomic E-state index is 6.02. The summed E-state index contributed by atoms with van der Waals surface area (Å²) >= 11 is 0. The fourth-order valence-electron chi connectivity index (χ4n) is 2.66. The van der Waals surface area contributed by atoms with Gasteiger partial charge in [0, 0.05) is 12.2 Å². The third-order valence-electron chi connectivity index (χ3n) is 3.91. The van der Waals surface area contributed by atoms with Gasteiger partial charge in [-0.05, 0) is 61.8 Å². The van der Waals surface area contributed by atoms with Crippen LogP contribution in [0.25, 0.3) is 0 Å². The van der Waals surface area contributed by atoms with E-state index in [-0.39, 0.29) is 24.0 Å². The van der Waals surface area contributed by atoms with Crippen molar-refractivity contribution < 1.29 is 0 Å². The summed E-state index contributed by atoms with van der Waals surface area (Å²) in [5.74, 6) is 0.441. The Kier molecular flexibility index (Phi) is 8.92. The van der Waals surface area contributed by atoms with Crippen molar-refractivity contribution in [2.24, 2.45) is 10.7 Å². The number of hydrogen-bond donors (Lipinski definition) is 2. The first kappa shape index (κ1) is 21.4. The van der Waals surface area contributed by atoms with Crippen LogP contribution in [0.5, 0.6) is 0 Å². The molecule has 0 saturated carbocycles. The standard InChI is InChI=1S/C20H28N4.HI/c1-5-24(4)14-18-8-6-7-17(12-18)13-22-20(21)23-19-10-15(2)9-16(3)11-19;/h6-12H,5,13-14H2,1-4H3,(H3,21,22,23);1H. The number of halogens is 1. The number of nitrogens with one attached hydrogen (secondary N) is 1. The molecule has 0 aliphatic heterocycles. The second kappa shape index (κ2) is 10.4. The smallest absolute Gasteiger partial charge is 0.193 e. The average molecular weight is 452 g/mol. The largest absolute Gasteiger partial charge is 0.370 e. The molecule has 0 spiro atoms. The molecule has 0 fully saturated rings. The summed E-state index contributed by atoms with van der Waals surface area (Å²) in [4.78, 5) is 6.74. The Bertz CT molecular complexity index is 692. The fourth-order valence-corrected chi connectivity index (χ4v) is 2.66. The summed E-state index contributed by atoms with van der Waals surface area (Å²) < 4.78 is 0. The minimum Gasteiger partial charge on any atom is -0.370 e. The number of anilines is 1. The van der Waals surface area contributed by atoms with Crippen molar-refractivity contribution >= 4 is 35.6 Å². The summed E-state index contributed by atoms with van der Waals surface area (Å²) in [7, 11) is 2.12. The van der Waals surface area contributed by atoms with Gasteiger partial charge in [0.05, 0.1) is 6.54 Å². The molecule has 0 atom stereocenters. The topological polar surface area (TPSA) is 53.6 Å². The molecule has 0 saturated heterocycles. The van der Waals surface area contributed by atoms with Gasteiger partial charge in [-0.25, -0.2) is 4.99 Å². The molecule has 4 nitrogen and oxygen atoms in total. The van der Waals surface area contributed by atoms with Gasteiger partial charge >= 0.3 is 0 Å². The molecule has 25 heavy (non-hydrogen) atoms. The van der Waals surface area contributed by atoms with E-state index in [4.69, 9.17) is 5.73 Å². The first-order valence-corrected chi connectivity index (χ1v) is 8.38. The Morgan fingerprint density at radius 1 is 1.08 bits per heavy atom. The van der Waals surface area contributed by atoms with Crippen LogP contribution in [-0.4, -0.2) is 24.5 Å². The van der Waals surface area contributed by atoms with E-state index >= 15 is 0 Å². The highest BCUT2D eigenvalue weighted by molar-refractivity contribution is 14.0. The van der Waals surface area contributed by atoms with Gasteiger partial charge in [0.25, 0.3) is 0 Å². The Hall–Kier alpha value is -1.60. The van der Waals surface area contributed by atoms with Gasteiger partial charge in [0.15, 0.2) is 5.96 Å². The van der Waals surface area contributed by atoms with Gasteiger partial charge in [-0.2, -0.15) is 0 Å². The van der Waals surface area contributed by atoms with E-state index in [2.05, 4.69) is 85.5 Å². The summed E-state index contributed by atoms with van der Waals surface area (Å²) in [5, 5.41) is 3.17. The van der Waals surface area contributed by atoms with Gasteiger partial charge in [-0.3, -0.25) is 0 Å². The number of guanidine groups is 1. The number of nitrogens with two attached hydrogens (primary N) is 1. The Morgan fingerprint density at radius 3 is 2.36 bits per heavy atom. The van der Waals surface area contributed by atoms with Crippen LogP contribution >= 0.6 is 24.0 Å². The molecule has 5 heteroatoms. The highest BCUT2D eigenvalue weighted by Crippen LogP contribution is 2.13. The summed E-state index contributed by atoms with van der Waals surface area (Å²) in [6.07, 6.45) is 0. The van der Waals surface area contributed by atoms with Gasteiger partial charge in [0.1, 0.15) is 0 Å². The molecule has 0 aromatic heterocycles. The molecule has 0 bridgehead atoms. The van der Waals surface area contributed by atoms with Crippen molar-refractivity contribution in [1.82, 2.24) is 4.90 Å². The minimum absolute atomic E-state index is 0. The molecular weight excluding hydrogens is 423 g/mol. The first-order chi connectivity index (χ1) is 11.5. The van der Waals surface area contributed by atoms with Gasteiger partial charge in [-0.1, -0.05) is 37.3 Å². The molecule has 2 rings (SSSR count). The van der Waals surface area contributed by atoms with Crippen LogP contribution in [0.1, 0.15) is 29.2 Å². The quantitative estimate of drug-likeness (QED) is 0.391. The normalized spacial score (nSPS) is 11.3. The van der Waals surface area contributed by atoms with E-state index in [0.29, 0.717) is 12.5 Å². The van der Waals surface area contributed by atoms with Crippen LogP contribution in [0, 0.1) is 13.8 Å². The maximum absolute atomic E-state index is 6.02. The van der Waals surface area contributed by atoms with Crippen LogP contribution < -0.4 is 11.1 Å². The van der Waals surface area contributed by atoms with Crippen molar-refractivity contribution in [3.05, 3.63) is 64.7 Å². The predicted octanol–water partition coefficient (Wildman–Crippen LogP) is 4.30. The number of aryl methyl sites for hydroxylation is 2. The van der Waals surface area contributed by atoms with E-state index in [1.165, 1.54) is 22.3 Å². The van der Waals surface area contributed by atoms with E-state index in [1.54, 1.807) is 0 Å². The van der Waals surface area contributed by atoms with Crippen molar-refractivity contribution in [3.8, 4) is 0 Å². The zero-order valence-electron chi connectivity index (χ0n) is 15.5. The zero-order chi connectivity index (χ0) is 17.5. The van der Waals surface area contributed by atoms with E-state index < -0.39 is 0 Å². The van der Waals surface area contributed by atoms with Crippen molar-refractivity contribution in [1.29, 1.82) is 0 Å². The molecule has 0 amide bonds. The molecular formula is C20H29IN4. The molecule has 0 aliphatic carbocycles. The van der Waals surface area contributed by atoms with E-state index in [0.717, 1.165) is 18.8 Å². The lowest BCUT2D eigenvalue weighted by molar-refractivity contribution is 0.345. The molecule has 0 aliphatic rings. The number of nitrogens with zero attached hydrogens (tertiary/aromatic N) is 2. The number of benzene rings is 2. The lowest BCUT2D eigenvalue weighted by Gasteiger charge is -2.14. The summed E-state index contributed by atoms with van der Waals surface area (Å²) in [6, 6.07) is 14.8. The Morgan fingerprint density at radius 2 is 1.72 bits per heavy atom. The molecule has 0 unspecified atom stereocenters. The highest BCUT2D eigenvalue weighted by atomic mass is 127. The molecule has 0 radical (unpaired) electrons. The Balaban J connectivity index is 0.00000312. The van der Waals surface area contributed by atoms with Crippen LogP contribution in [0.15, 0.2) is 47.5 Å². The number of hydrogen-bond acceptors (Lipinski definition) is 2. The monoisotopic (exact) mass is 452 g/mol. The molecule has 3 N–H and O–H groups in total. The van der Waals surface area contributed by atoms with Crippen molar-refractivity contribution in [2.75, 3.05) is 18.9 Å². The fraction of sp³-hybridized carbons (Fsp3) is 0.350. The number of aliphatic imine (C=N–C) groups is 1. The second-order valence-electron chi connectivity index (χ2n) is 6.35. The van der Waals surface area contributed by atoms with Gasteiger partial charge < -0.3 is 16.0 Å². The second-order valence-corrected chi connectivity index (χ2v) is 6.35. The van der Waals surface area contributed by atoms with Crippen LogP contribution in [-0.2, 0) is 13.1 Å². The summed E-state index contributed by atoms with van der Waals surface area (Å²) in [5.41, 5.74) is 11.9. The van der Waals surface area contributed by atoms with E-state index in [1.807, 2.05) is 0 Å². The molecule has 2 aromatic rings. The van der Waals surface area contributed by atoms with Crippen LogP contribution in [0.3, 0.4) is 0 Å². The van der Waals surface area contributed by atoms with E-state index in [9.17, 15) is 0 Å². The third kappa shape index (κ3) is 7.44. The SMILES string of the molecule is CCN(C)Cc1cccc(CN=C(N)Nc2cc(C)cc(C)c2)c1.I. The molecule has 136 valence electrons. The molecule has 0 heterocycles. The lowest BCUT2D eigenvalue weighted by Crippen LogP contribution is -2.22. The minimum atomic E-state index is 0. The van der Waals surface area contributed by atoms with Gasteiger partial charge in [-0.15, -0.1) is 24.0 Å². The average Bonchev–Trinajstić information content (AvgIpc) is 2.52. The van der Waals surface area contributed by atoms with Crippen LogP contribution in [0.2, 0.25) is 0 Å². The Labute approximate surface area is 168 Å². The van der Waals surface area contributed by atoms with Crippen molar-refractivity contribution in [2.45, 2.75) is 33.9 Å². The summed E-state index contributed by atoms with van der Waals surface area (Å²) in [6.45, 7) is 8.87. The third-order valence-corrected chi connectivity index (χ3v) is 3.91. The maximum Gasteiger partial charge on any atom is 0.193 e. The van der Waals surface area contributed by atoms with Crippen molar-refractivity contribution in [3.63, 3.8) is 0 Å². The lowest BCUT2D eigenvalue weighted by atomic mass is 10.1. The zero-order valence-corrected chi connectivity index (χ0v) is 17.9. The van der Waals surface area contributed by atoms with Gasteiger partial charge in [0.2, 0.25) is 0 Å².